The third kappa shape index (κ3) is 3.61. The number of nitrogen functional groups attached to an aromatic ring is 1. The van der Waals surface area contributed by atoms with Gasteiger partial charge in [-0.1, -0.05) is 39.8 Å². The summed E-state index contributed by atoms with van der Waals surface area (Å²) in [6, 6.07) is 9.85. The van der Waals surface area contributed by atoms with E-state index in [2.05, 4.69) is 43.3 Å². The van der Waals surface area contributed by atoms with Gasteiger partial charge in [0.15, 0.2) is 5.16 Å². The van der Waals surface area contributed by atoms with Gasteiger partial charge in [0.25, 0.3) is 0 Å². The maximum atomic E-state index is 5.72. The van der Waals surface area contributed by atoms with Crippen LogP contribution in [0.1, 0.15) is 5.56 Å². The first-order chi connectivity index (χ1) is 8.67. The lowest BCUT2D eigenvalue weighted by Crippen LogP contribution is -2.04. The van der Waals surface area contributed by atoms with Crippen LogP contribution in [-0.4, -0.2) is 16.2 Å². The summed E-state index contributed by atoms with van der Waals surface area (Å²) in [4.78, 5) is 8.44. The third-order valence-corrected chi connectivity index (χ3v) is 3.31. The Morgan fingerprint density at radius 1 is 1.33 bits per heavy atom. The number of nitrogens with one attached hydrogen (secondary N) is 1. The molecule has 0 aliphatic carbocycles. The van der Waals surface area contributed by atoms with E-state index in [-0.39, 0.29) is 0 Å². The molecule has 4 nitrogen and oxygen atoms in total. The predicted molar refractivity (Wildman–Crippen MR) is 79.7 cm³/mol. The number of hydrogen-bond acceptors (Lipinski definition) is 5. The summed E-state index contributed by atoms with van der Waals surface area (Å²) < 4.78 is 1.06. The van der Waals surface area contributed by atoms with Gasteiger partial charge in [-0.15, -0.1) is 0 Å². The SMILES string of the molecule is CSc1nc(N)cc(NCc2cccc(Br)c2)n1. The summed E-state index contributed by atoms with van der Waals surface area (Å²) in [6.45, 7) is 0.698. The number of nitrogens with two attached hydrogens (primary N) is 1. The fourth-order valence-corrected chi connectivity index (χ4v) is 2.30. The Labute approximate surface area is 119 Å². The number of aromatic nitrogens is 2. The van der Waals surface area contributed by atoms with Crippen LogP contribution in [-0.2, 0) is 6.54 Å². The molecular weight excluding hydrogens is 312 g/mol. The molecule has 1 aromatic heterocycles. The lowest BCUT2D eigenvalue weighted by Gasteiger charge is -2.07. The van der Waals surface area contributed by atoms with Gasteiger partial charge in [0, 0.05) is 17.1 Å². The van der Waals surface area contributed by atoms with Crippen molar-refractivity contribution in [2.24, 2.45) is 0 Å². The van der Waals surface area contributed by atoms with Crippen LogP contribution in [0.4, 0.5) is 11.6 Å². The van der Waals surface area contributed by atoms with Crippen molar-refractivity contribution < 1.29 is 0 Å². The minimum Gasteiger partial charge on any atom is -0.383 e. The lowest BCUT2D eigenvalue weighted by molar-refractivity contribution is 0.963. The van der Waals surface area contributed by atoms with Gasteiger partial charge in [-0.05, 0) is 24.0 Å². The van der Waals surface area contributed by atoms with E-state index in [0.717, 1.165) is 10.3 Å². The molecule has 0 fully saturated rings. The number of halogens is 1. The monoisotopic (exact) mass is 324 g/mol. The molecule has 1 aromatic carbocycles. The second-order valence-corrected chi connectivity index (χ2v) is 5.34. The molecule has 6 heteroatoms. The molecule has 0 bridgehead atoms. The molecule has 0 radical (unpaired) electrons. The van der Waals surface area contributed by atoms with Crippen LogP contribution in [0.5, 0.6) is 0 Å². The van der Waals surface area contributed by atoms with Crippen LogP contribution >= 0.6 is 27.7 Å². The van der Waals surface area contributed by atoms with Crippen molar-refractivity contribution >= 4 is 39.3 Å². The van der Waals surface area contributed by atoms with Crippen LogP contribution in [0.25, 0.3) is 0 Å². The zero-order chi connectivity index (χ0) is 13.0. The van der Waals surface area contributed by atoms with Gasteiger partial charge in [0.2, 0.25) is 0 Å². The highest BCUT2D eigenvalue weighted by Gasteiger charge is 2.01. The number of nitrogens with zero attached hydrogens (tertiary/aromatic N) is 2. The average Bonchev–Trinajstić information content (AvgIpc) is 2.36. The van der Waals surface area contributed by atoms with Crippen molar-refractivity contribution in [2.75, 3.05) is 17.3 Å². The molecule has 18 heavy (non-hydrogen) atoms. The molecule has 0 amide bonds. The highest BCUT2D eigenvalue weighted by atomic mass is 79.9. The summed E-state index contributed by atoms with van der Waals surface area (Å²) in [5.41, 5.74) is 6.89. The maximum absolute atomic E-state index is 5.72. The van der Waals surface area contributed by atoms with E-state index in [9.17, 15) is 0 Å². The van der Waals surface area contributed by atoms with Crippen molar-refractivity contribution in [3.8, 4) is 0 Å². The van der Waals surface area contributed by atoms with Gasteiger partial charge < -0.3 is 11.1 Å². The highest BCUT2D eigenvalue weighted by Crippen LogP contribution is 2.17. The Morgan fingerprint density at radius 3 is 2.89 bits per heavy atom. The minimum absolute atomic E-state index is 0.478. The average molecular weight is 325 g/mol. The molecule has 0 aliphatic heterocycles. The van der Waals surface area contributed by atoms with Gasteiger partial charge in [-0.25, -0.2) is 9.97 Å². The minimum atomic E-state index is 0.478. The molecule has 0 saturated carbocycles. The predicted octanol–water partition coefficient (Wildman–Crippen LogP) is 3.16. The normalized spacial score (nSPS) is 10.3. The molecule has 0 unspecified atom stereocenters. The molecule has 2 aromatic rings. The fraction of sp³-hybridized carbons (Fsp3) is 0.167. The summed E-state index contributed by atoms with van der Waals surface area (Å²) in [6.07, 6.45) is 1.92. The van der Waals surface area contributed by atoms with Crippen molar-refractivity contribution in [3.05, 3.63) is 40.4 Å². The number of thioether (sulfide) groups is 1. The highest BCUT2D eigenvalue weighted by molar-refractivity contribution is 9.10. The molecular formula is C12H13BrN4S. The molecule has 0 atom stereocenters. The second kappa shape index (κ2) is 6.06. The number of anilines is 2. The summed E-state index contributed by atoms with van der Waals surface area (Å²) in [5.74, 6) is 1.22. The van der Waals surface area contributed by atoms with E-state index in [0.29, 0.717) is 17.5 Å². The smallest absolute Gasteiger partial charge is 0.191 e. The maximum Gasteiger partial charge on any atom is 0.191 e. The number of hydrogen-bond donors (Lipinski definition) is 2. The standard InChI is InChI=1S/C12H13BrN4S/c1-18-12-16-10(14)6-11(17-12)15-7-8-3-2-4-9(13)5-8/h2-6H,7H2,1H3,(H3,14,15,16,17). The zero-order valence-electron chi connectivity index (χ0n) is 9.85. The topological polar surface area (TPSA) is 63.8 Å². The van der Waals surface area contributed by atoms with E-state index in [4.69, 9.17) is 5.73 Å². The molecule has 1 heterocycles. The second-order valence-electron chi connectivity index (χ2n) is 3.65. The molecule has 2 rings (SSSR count). The van der Waals surface area contributed by atoms with E-state index in [1.807, 2.05) is 18.4 Å². The quantitative estimate of drug-likeness (QED) is 0.668. The Morgan fingerprint density at radius 2 is 2.17 bits per heavy atom. The lowest BCUT2D eigenvalue weighted by atomic mass is 10.2. The Balaban J connectivity index is 2.08. The number of benzene rings is 1. The third-order valence-electron chi connectivity index (χ3n) is 2.27. The van der Waals surface area contributed by atoms with E-state index >= 15 is 0 Å². The first kappa shape index (κ1) is 13.2. The van der Waals surface area contributed by atoms with Crippen LogP contribution in [0.15, 0.2) is 40.0 Å². The van der Waals surface area contributed by atoms with Crippen LogP contribution < -0.4 is 11.1 Å². The van der Waals surface area contributed by atoms with E-state index in [1.54, 1.807) is 6.07 Å². The van der Waals surface area contributed by atoms with Gasteiger partial charge in [0.1, 0.15) is 11.6 Å². The van der Waals surface area contributed by atoms with Gasteiger partial charge in [-0.3, -0.25) is 0 Å². The summed E-state index contributed by atoms with van der Waals surface area (Å²) >= 11 is 4.92. The van der Waals surface area contributed by atoms with Crippen LogP contribution in [0.2, 0.25) is 0 Å². The zero-order valence-corrected chi connectivity index (χ0v) is 12.3. The van der Waals surface area contributed by atoms with E-state index < -0.39 is 0 Å². The molecule has 3 N–H and O–H groups in total. The Hall–Kier alpha value is -1.27. The van der Waals surface area contributed by atoms with Gasteiger partial charge in [-0.2, -0.15) is 0 Å². The first-order valence-corrected chi connectivity index (χ1v) is 7.36. The largest absolute Gasteiger partial charge is 0.383 e. The summed E-state index contributed by atoms with van der Waals surface area (Å²) in [7, 11) is 0. The van der Waals surface area contributed by atoms with Crippen LogP contribution in [0.3, 0.4) is 0 Å². The first-order valence-electron chi connectivity index (χ1n) is 5.34. The molecule has 0 saturated heterocycles. The van der Waals surface area contributed by atoms with Crippen molar-refractivity contribution in [3.63, 3.8) is 0 Å². The Bertz CT molecular complexity index is 547. The molecule has 94 valence electrons. The molecule has 0 spiro atoms. The van der Waals surface area contributed by atoms with Crippen molar-refractivity contribution in [1.82, 2.24) is 9.97 Å². The number of rotatable bonds is 4. The summed E-state index contributed by atoms with van der Waals surface area (Å²) in [5, 5.41) is 3.91. The Kier molecular flexibility index (Phi) is 4.43. The van der Waals surface area contributed by atoms with E-state index in [1.165, 1.54) is 17.3 Å². The van der Waals surface area contributed by atoms with Gasteiger partial charge in [0.05, 0.1) is 0 Å². The van der Waals surface area contributed by atoms with Crippen molar-refractivity contribution in [2.45, 2.75) is 11.7 Å². The van der Waals surface area contributed by atoms with Crippen LogP contribution in [0, 0.1) is 0 Å². The van der Waals surface area contributed by atoms with Gasteiger partial charge >= 0.3 is 0 Å². The van der Waals surface area contributed by atoms with Crippen molar-refractivity contribution in [1.29, 1.82) is 0 Å². The molecule has 0 aliphatic rings. The fourth-order valence-electron chi connectivity index (χ4n) is 1.46.